The van der Waals surface area contributed by atoms with Crippen molar-refractivity contribution in [3.8, 4) is 0 Å². The highest BCUT2D eigenvalue weighted by atomic mass is 16.5. The molecule has 1 aliphatic heterocycles. The van der Waals surface area contributed by atoms with Gasteiger partial charge in [-0.3, -0.25) is 4.79 Å². The summed E-state index contributed by atoms with van der Waals surface area (Å²) in [6.07, 6.45) is 1.31. The lowest BCUT2D eigenvalue weighted by atomic mass is 10.0. The van der Waals surface area contributed by atoms with Crippen LogP contribution in [0.3, 0.4) is 0 Å². The number of ether oxygens (including phenoxy) is 2. The number of nitrogens with two attached hydrogens (primary N) is 1. The van der Waals surface area contributed by atoms with E-state index in [9.17, 15) is 4.79 Å². The van der Waals surface area contributed by atoms with Crippen LogP contribution >= 0.6 is 0 Å². The van der Waals surface area contributed by atoms with Crippen LogP contribution in [0.5, 0.6) is 0 Å². The van der Waals surface area contributed by atoms with Crippen molar-refractivity contribution >= 4 is 5.97 Å². The summed E-state index contributed by atoms with van der Waals surface area (Å²) in [5.41, 5.74) is 4.34. The van der Waals surface area contributed by atoms with E-state index in [1.807, 2.05) is 0 Å². The Morgan fingerprint density at radius 2 is 2.50 bits per heavy atom. The molecule has 0 aliphatic carbocycles. The maximum atomic E-state index is 10.6. The lowest BCUT2D eigenvalue weighted by molar-refractivity contribution is -0.143. The predicted octanol–water partition coefficient (Wildman–Crippen LogP) is -0.0160. The minimum atomic E-state index is -1.19. The van der Waals surface area contributed by atoms with E-state index in [4.69, 9.17) is 20.3 Å². The molecule has 2 unspecified atom stereocenters. The molecule has 0 bridgehead atoms. The first kappa shape index (κ1) is 11.4. The van der Waals surface area contributed by atoms with Crippen LogP contribution < -0.4 is 5.73 Å². The fourth-order valence-electron chi connectivity index (χ4n) is 1.19. The molecule has 1 aliphatic rings. The van der Waals surface area contributed by atoms with Crippen molar-refractivity contribution in [2.45, 2.75) is 31.4 Å². The molecule has 82 valence electrons. The standard InChI is InChI=1S/C9H17NO4/c1-9(10,8(11)12)3-5-14-7-2-4-13-6-7/h7H,2-6,10H2,1H3,(H,11,12). The highest BCUT2D eigenvalue weighted by molar-refractivity contribution is 5.77. The third-order valence-electron chi connectivity index (χ3n) is 2.35. The fourth-order valence-corrected chi connectivity index (χ4v) is 1.19. The molecule has 0 aromatic carbocycles. The molecule has 0 spiro atoms. The lowest BCUT2D eigenvalue weighted by Crippen LogP contribution is -2.45. The molecule has 5 heteroatoms. The molecule has 1 fully saturated rings. The fraction of sp³-hybridized carbons (Fsp3) is 0.889. The summed E-state index contributed by atoms with van der Waals surface area (Å²) in [4.78, 5) is 10.6. The summed E-state index contributed by atoms with van der Waals surface area (Å²) in [6, 6.07) is 0. The number of rotatable bonds is 5. The average Bonchev–Trinajstić information content (AvgIpc) is 2.56. The summed E-state index contributed by atoms with van der Waals surface area (Å²) >= 11 is 0. The van der Waals surface area contributed by atoms with Gasteiger partial charge in [-0.2, -0.15) is 0 Å². The second-order valence-electron chi connectivity index (χ2n) is 3.83. The Balaban J connectivity index is 2.16. The SMILES string of the molecule is CC(N)(CCOC1CCOC1)C(=O)O. The van der Waals surface area contributed by atoms with Gasteiger partial charge in [-0.25, -0.2) is 0 Å². The van der Waals surface area contributed by atoms with Gasteiger partial charge in [-0.1, -0.05) is 0 Å². The quantitative estimate of drug-likeness (QED) is 0.656. The van der Waals surface area contributed by atoms with Crippen LogP contribution in [0, 0.1) is 0 Å². The smallest absolute Gasteiger partial charge is 0.323 e. The molecule has 0 saturated carbocycles. The van der Waals surface area contributed by atoms with E-state index in [0.29, 0.717) is 19.6 Å². The van der Waals surface area contributed by atoms with E-state index in [2.05, 4.69) is 0 Å². The Kier molecular flexibility index (Phi) is 3.86. The molecular formula is C9H17NO4. The number of hydrogen-bond donors (Lipinski definition) is 2. The Labute approximate surface area is 83.2 Å². The number of carbonyl (C=O) groups is 1. The van der Waals surface area contributed by atoms with Crippen LogP contribution in [0.2, 0.25) is 0 Å². The summed E-state index contributed by atoms with van der Waals surface area (Å²) in [6.45, 7) is 3.19. The molecule has 5 nitrogen and oxygen atoms in total. The van der Waals surface area contributed by atoms with E-state index >= 15 is 0 Å². The maximum absolute atomic E-state index is 10.6. The second-order valence-corrected chi connectivity index (χ2v) is 3.83. The van der Waals surface area contributed by atoms with Crippen molar-refractivity contribution in [1.82, 2.24) is 0 Å². The Hall–Kier alpha value is -0.650. The molecule has 3 N–H and O–H groups in total. The molecule has 0 amide bonds. The van der Waals surface area contributed by atoms with E-state index < -0.39 is 11.5 Å². The lowest BCUT2D eigenvalue weighted by Gasteiger charge is -2.19. The van der Waals surface area contributed by atoms with Crippen LogP contribution in [0.1, 0.15) is 19.8 Å². The van der Waals surface area contributed by atoms with Crippen molar-refractivity contribution in [2.75, 3.05) is 19.8 Å². The normalized spacial score (nSPS) is 26.0. The Morgan fingerprint density at radius 1 is 1.79 bits per heavy atom. The minimum Gasteiger partial charge on any atom is -0.480 e. The molecule has 0 aromatic rings. The molecule has 0 radical (unpaired) electrons. The van der Waals surface area contributed by atoms with E-state index in [0.717, 1.165) is 13.0 Å². The number of carboxylic acid groups (broad SMARTS) is 1. The van der Waals surface area contributed by atoms with Crippen molar-refractivity contribution < 1.29 is 19.4 Å². The summed E-state index contributed by atoms with van der Waals surface area (Å²) in [7, 11) is 0. The molecule has 14 heavy (non-hydrogen) atoms. The molecule has 1 saturated heterocycles. The first-order valence-electron chi connectivity index (χ1n) is 4.74. The van der Waals surface area contributed by atoms with Gasteiger partial charge in [-0.05, 0) is 19.8 Å². The van der Waals surface area contributed by atoms with Gasteiger partial charge < -0.3 is 20.3 Å². The van der Waals surface area contributed by atoms with Crippen molar-refractivity contribution in [3.05, 3.63) is 0 Å². The minimum absolute atomic E-state index is 0.111. The molecular weight excluding hydrogens is 186 g/mol. The monoisotopic (exact) mass is 203 g/mol. The molecule has 0 aromatic heterocycles. The third kappa shape index (κ3) is 3.25. The van der Waals surface area contributed by atoms with Crippen LogP contribution in [-0.2, 0) is 14.3 Å². The van der Waals surface area contributed by atoms with Crippen LogP contribution in [0.15, 0.2) is 0 Å². The topological polar surface area (TPSA) is 81.8 Å². The van der Waals surface area contributed by atoms with Gasteiger partial charge in [0.15, 0.2) is 0 Å². The van der Waals surface area contributed by atoms with Gasteiger partial charge in [0.25, 0.3) is 0 Å². The summed E-state index contributed by atoms with van der Waals surface area (Å²) in [5, 5.41) is 8.73. The second kappa shape index (κ2) is 4.72. The largest absolute Gasteiger partial charge is 0.480 e. The number of aliphatic carboxylic acids is 1. The average molecular weight is 203 g/mol. The van der Waals surface area contributed by atoms with E-state index in [1.54, 1.807) is 0 Å². The van der Waals surface area contributed by atoms with Crippen molar-refractivity contribution in [2.24, 2.45) is 5.73 Å². The van der Waals surface area contributed by atoms with Crippen LogP contribution in [0.25, 0.3) is 0 Å². The maximum Gasteiger partial charge on any atom is 0.323 e. The molecule has 1 rings (SSSR count). The third-order valence-corrected chi connectivity index (χ3v) is 2.35. The zero-order valence-electron chi connectivity index (χ0n) is 8.36. The van der Waals surface area contributed by atoms with E-state index in [-0.39, 0.29) is 6.10 Å². The van der Waals surface area contributed by atoms with Crippen molar-refractivity contribution in [3.63, 3.8) is 0 Å². The first-order valence-corrected chi connectivity index (χ1v) is 4.74. The summed E-state index contributed by atoms with van der Waals surface area (Å²) in [5.74, 6) is -0.997. The van der Waals surface area contributed by atoms with Gasteiger partial charge >= 0.3 is 5.97 Å². The van der Waals surface area contributed by atoms with Gasteiger partial charge in [-0.15, -0.1) is 0 Å². The van der Waals surface area contributed by atoms with Crippen molar-refractivity contribution in [1.29, 1.82) is 0 Å². The highest BCUT2D eigenvalue weighted by Gasteiger charge is 2.28. The Bertz CT molecular complexity index is 199. The Morgan fingerprint density at radius 3 is 3.00 bits per heavy atom. The highest BCUT2D eigenvalue weighted by Crippen LogP contribution is 2.11. The van der Waals surface area contributed by atoms with Gasteiger partial charge in [0.1, 0.15) is 5.54 Å². The van der Waals surface area contributed by atoms with Crippen LogP contribution in [-0.4, -0.2) is 42.5 Å². The first-order chi connectivity index (χ1) is 6.52. The summed E-state index contributed by atoms with van der Waals surface area (Å²) < 4.78 is 10.5. The zero-order valence-corrected chi connectivity index (χ0v) is 8.36. The number of hydrogen-bond acceptors (Lipinski definition) is 4. The molecule has 1 heterocycles. The van der Waals surface area contributed by atoms with Gasteiger partial charge in [0.2, 0.25) is 0 Å². The van der Waals surface area contributed by atoms with Crippen LogP contribution in [0.4, 0.5) is 0 Å². The van der Waals surface area contributed by atoms with Gasteiger partial charge in [0.05, 0.1) is 12.7 Å². The molecule has 2 atom stereocenters. The zero-order chi connectivity index (χ0) is 10.6. The number of carboxylic acids is 1. The van der Waals surface area contributed by atoms with E-state index in [1.165, 1.54) is 6.92 Å². The van der Waals surface area contributed by atoms with Gasteiger partial charge in [0, 0.05) is 13.2 Å². The predicted molar refractivity (Wildman–Crippen MR) is 50.0 cm³/mol.